The Balaban J connectivity index is 1.11. The maximum atomic E-state index is 5.12. The van der Waals surface area contributed by atoms with E-state index in [4.69, 9.17) is 9.97 Å². The summed E-state index contributed by atoms with van der Waals surface area (Å²) in [6.45, 7) is 4.72. The van der Waals surface area contributed by atoms with Gasteiger partial charge in [-0.3, -0.25) is 0 Å². The van der Waals surface area contributed by atoms with Crippen LogP contribution < -0.4 is 0 Å². The summed E-state index contributed by atoms with van der Waals surface area (Å²) in [5.74, 6) is 0.733. The van der Waals surface area contributed by atoms with E-state index in [2.05, 4.69) is 147 Å². The molecule has 0 N–H and O–H groups in total. The first-order valence-corrected chi connectivity index (χ1v) is 17.0. The highest BCUT2D eigenvalue weighted by Gasteiger charge is 2.36. The van der Waals surface area contributed by atoms with E-state index in [-0.39, 0.29) is 5.41 Å². The number of benzene rings is 8. The van der Waals surface area contributed by atoms with Gasteiger partial charge in [-0.1, -0.05) is 153 Å². The molecule has 49 heavy (non-hydrogen) atoms. The lowest BCUT2D eigenvalue weighted by atomic mass is 9.81. The Bertz CT molecular complexity index is 2650. The maximum absolute atomic E-state index is 5.12. The van der Waals surface area contributed by atoms with Crippen molar-refractivity contribution in [3.8, 4) is 56.2 Å². The first-order valence-electron chi connectivity index (χ1n) is 17.0. The fraction of sp³-hybridized carbons (Fsp3) is 0.0638. The number of aromatic nitrogens is 2. The van der Waals surface area contributed by atoms with Gasteiger partial charge in [0.2, 0.25) is 0 Å². The van der Waals surface area contributed by atoms with Crippen molar-refractivity contribution in [3.63, 3.8) is 0 Å². The highest BCUT2D eigenvalue weighted by atomic mass is 14.9. The second kappa shape index (κ2) is 10.4. The van der Waals surface area contributed by atoms with Crippen LogP contribution in [0.15, 0.2) is 158 Å². The predicted octanol–water partition coefficient (Wildman–Crippen LogP) is 12.3. The maximum Gasteiger partial charge on any atom is 0.160 e. The van der Waals surface area contributed by atoms with Gasteiger partial charge in [0.15, 0.2) is 5.82 Å². The number of rotatable bonds is 4. The lowest BCUT2D eigenvalue weighted by molar-refractivity contribution is 0.660. The zero-order valence-corrected chi connectivity index (χ0v) is 27.4. The van der Waals surface area contributed by atoms with Gasteiger partial charge in [0.25, 0.3) is 0 Å². The highest BCUT2D eigenvalue weighted by molar-refractivity contribution is 6.25. The van der Waals surface area contributed by atoms with Gasteiger partial charge in [-0.2, -0.15) is 0 Å². The summed E-state index contributed by atoms with van der Waals surface area (Å²) in [5.41, 5.74) is 12.7. The summed E-state index contributed by atoms with van der Waals surface area (Å²) >= 11 is 0. The average molecular weight is 625 g/mol. The minimum absolute atomic E-state index is 0.140. The molecule has 1 heterocycles. The number of hydrogen-bond donors (Lipinski definition) is 0. The van der Waals surface area contributed by atoms with E-state index >= 15 is 0 Å². The van der Waals surface area contributed by atoms with Crippen LogP contribution in [0.3, 0.4) is 0 Å². The van der Waals surface area contributed by atoms with Gasteiger partial charge >= 0.3 is 0 Å². The van der Waals surface area contributed by atoms with Crippen LogP contribution in [0.5, 0.6) is 0 Å². The van der Waals surface area contributed by atoms with E-state index in [1.807, 2.05) is 24.3 Å². The molecule has 2 heteroatoms. The highest BCUT2D eigenvalue weighted by Crippen LogP contribution is 2.51. The molecular formula is C47H32N2. The number of nitrogens with zero attached hydrogens (tertiary/aromatic N) is 2. The minimum atomic E-state index is -0.140. The van der Waals surface area contributed by atoms with Crippen LogP contribution in [0.1, 0.15) is 25.0 Å². The largest absolute Gasteiger partial charge is 0.228 e. The van der Waals surface area contributed by atoms with Crippen molar-refractivity contribution in [2.24, 2.45) is 0 Å². The molecule has 0 fully saturated rings. The average Bonchev–Trinajstić information content (AvgIpc) is 3.39. The van der Waals surface area contributed by atoms with Crippen molar-refractivity contribution in [2.75, 3.05) is 0 Å². The van der Waals surface area contributed by atoms with Crippen LogP contribution in [0.25, 0.3) is 88.5 Å². The zero-order chi connectivity index (χ0) is 32.7. The Hall–Kier alpha value is -6.12. The zero-order valence-electron chi connectivity index (χ0n) is 27.4. The molecule has 0 aliphatic heterocycles. The quantitative estimate of drug-likeness (QED) is 0.182. The topological polar surface area (TPSA) is 25.8 Å². The Morgan fingerprint density at radius 3 is 1.76 bits per heavy atom. The van der Waals surface area contributed by atoms with Gasteiger partial charge in [-0.25, -0.2) is 9.97 Å². The van der Waals surface area contributed by atoms with E-state index in [0.29, 0.717) is 0 Å². The minimum Gasteiger partial charge on any atom is -0.228 e. The van der Waals surface area contributed by atoms with Crippen molar-refractivity contribution >= 4 is 32.3 Å². The van der Waals surface area contributed by atoms with Gasteiger partial charge < -0.3 is 0 Å². The molecule has 10 rings (SSSR count). The summed E-state index contributed by atoms with van der Waals surface area (Å²) in [5, 5.41) is 7.91. The van der Waals surface area contributed by atoms with E-state index in [1.165, 1.54) is 65.7 Å². The lowest BCUT2D eigenvalue weighted by Crippen LogP contribution is -2.15. The molecule has 0 saturated heterocycles. The molecule has 9 aromatic rings. The van der Waals surface area contributed by atoms with E-state index in [1.54, 1.807) is 0 Å². The predicted molar refractivity (Wildman–Crippen MR) is 205 cm³/mol. The van der Waals surface area contributed by atoms with E-state index in [0.717, 1.165) is 33.9 Å². The van der Waals surface area contributed by atoms with Gasteiger partial charge in [-0.15, -0.1) is 0 Å². The van der Waals surface area contributed by atoms with Crippen molar-refractivity contribution in [1.82, 2.24) is 9.97 Å². The fourth-order valence-corrected chi connectivity index (χ4v) is 8.14. The Morgan fingerprint density at radius 1 is 0.388 bits per heavy atom. The molecule has 0 spiro atoms. The molecule has 0 saturated carbocycles. The Kier molecular flexibility index (Phi) is 5.95. The molecule has 1 aliphatic rings. The first-order chi connectivity index (χ1) is 24.0. The van der Waals surface area contributed by atoms with Crippen LogP contribution in [0.2, 0.25) is 0 Å². The third kappa shape index (κ3) is 4.27. The van der Waals surface area contributed by atoms with E-state index in [9.17, 15) is 0 Å². The van der Waals surface area contributed by atoms with Crippen molar-refractivity contribution in [1.29, 1.82) is 0 Å². The summed E-state index contributed by atoms with van der Waals surface area (Å²) < 4.78 is 0. The van der Waals surface area contributed by atoms with Gasteiger partial charge in [-0.05, 0) is 83.9 Å². The first kappa shape index (κ1) is 27.9. The normalized spacial score (nSPS) is 13.3. The fourth-order valence-electron chi connectivity index (χ4n) is 8.14. The molecule has 230 valence electrons. The van der Waals surface area contributed by atoms with Gasteiger partial charge in [0.1, 0.15) is 0 Å². The molecule has 8 aromatic carbocycles. The molecule has 2 nitrogen and oxygen atoms in total. The van der Waals surface area contributed by atoms with Crippen molar-refractivity contribution in [2.45, 2.75) is 19.3 Å². The second-order valence-electron chi connectivity index (χ2n) is 13.8. The Labute approximate surface area is 285 Å². The number of fused-ring (bicyclic) bond motifs is 3. The van der Waals surface area contributed by atoms with Crippen LogP contribution in [0.4, 0.5) is 0 Å². The lowest BCUT2D eigenvalue weighted by Gasteiger charge is -2.22. The standard InChI is InChI=1S/C47H32N2/c1-47(2)40-25-21-35(43-28-42(29-10-5-3-6-11-29)48-46(49-43)33-12-7-4-8-13-33)26-39(40)37-23-20-34(27-41(37)47)36-22-18-32-17-16-30-14-9-15-31-19-24-38(36)45(32)44(30)31/h3-28H,1-2H3. The van der Waals surface area contributed by atoms with Crippen molar-refractivity contribution in [3.05, 3.63) is 169 Å². The van der Waals surface area contributed by atoms with Gasteiger partial charge in [0.05, 0.1) is 11.4 Å². The van der Waals surface area contributed by atoms with E-state index < -0.39 is 0 Å². The summed E-state index contributed by atoms with van der Waals surface area (Å²) in [6, 6.07) is 57.1. The molecule has 0 atom stereocenters. The molecular weight excluding hydrogens is 593 g/mol. The molecule has 0 bridgehead atoms. The molecule has 1 aliphatic carbocycles. The SMILES string of the molecule is CC1(C)c2ccc(-c3cc(-c4ccccc4)nc(-c4ccccc4)n3)cc2-c2ccc(-c3ccc4ccc5cccc6ccc3c4c56)cc21. The van der Waals surface area contributed by atoms with Crippen molar-refractivity contribution < 1.29 is 0 Å². The Morgan fingerprint density at radius 2 is 1.00 bits per heavy atom. The molecule has 1 aromatic heterocycles. The third-order valence-electron chi connectivity index (χ3n) is 10.6. The molecule has 0 radical (unpaired) electrons. The smallest absolute Gasteiger partial charge is 0.160 e. The van der Waals surface area contributed by atoms with Crippen LogP contribution in [0, 0.1) is 0 Å². The van der Waals surface area contributed by atoms with Crippen LogP contribution in [-0.4, -0.2) is 9.97 Å². The molecule has 0 unspecified atom stereocenters. The van der Waals surface area contributed by atoms with Crippen LogP contribution >= 0.6 is 0 Å². The monoisotopic (exact) mass is 624 g/mol. The third-order valence-corrected chi connectivity index (χ3v) is 10.6. The van der Waals surface area contributed by atoms with Gasteiger partial charge in [0, 0.05) is 22.1 Å². The summed E-state index contributed by atoms with van der Waals surface area (Å²) in [6.07, 6.45) is 0. The van der Waals surface area contributed by atoms with Crippen LogP contribution in [-0.2, 0) is 5.41 Å². The summed E-state index contributed by atoms with van der Waals surface area (Å²) in [4.78, 5) is 10.1. The molecule has 0 amide bonds. The number of hydrogen-bond acceptors (Lipinski definition) is 2. The second-order valence-corrected chi connectivity index (χ2v) is 13.8. The summed E-state index contributed by atoms with van der Waals surface area (Å²) in [7, 11) is 0.